The van der Waals surface area contributed by atoms with E-state index in [0.29, 0.717) is 0 Å². The van der Waals surface area contributed by atoms with Crippen LogP contribution in [0.4, 0.5) is 17.1 Å². The van der Waals surface area contributed by atoms with Crippen LogP contribution in [-0.2, 0) is 10.8 Å². The zero-order valence-corrected chi connectivity index (χ0v) is 33.6. The van der Waals surface area contributed by atoms with Crippen molar-refractivity contribution < 1.29 is 0 Å². The smallest absolute Gasteiger partial charge is 0.0713 e. The summed E-state index contributed by atoms with van der Waals surface area (Å²) in [6.45, 7) is 4.74. The van der Waals surface area contributed by atoms with Gasteiger partial charge in [0.25, 0.3) is 0 Å². The third kappa shape index (κ3) is 5.17. The molecule has 1 heteroatoms. The van der Waals surface area contributed by atoms with Crippen molar-refractivity contribution in [1.29, 1.82) is 0 Å². The average molecular weight is 756 g/mol. The first-order valence-corrected chi connectivity index (χ1v) is 21.1. The van der Waals surface area contributed by atoms with Gasteiger partial charge in [-0.05, 0) is 115 Å². The van der Waals surface area contributed by atoms with E-state index in [2.05, 4.69) is 231 Å². The highest BCUT2D eigenvalue weighted by atomic mass is 15.1. The van der Waals surface area contributed by atoms with Crippen LogP contribution in [0.2, 0.25) is 0 Å². The molecule has 0 aromatic heterocycles. The molecular formula is C58H45N. The van der Waals surface area contributed by atoms with Crippen molar-refractivity contribution in [3.63, 3.8) is 0 Å². The van der Waals surface area contributed by atoms with Crippen molar-refractivity contribution in [2.45, 2.75) is 37.5 Å². The monoisotopic (exact) mass is 755 g/mol. The third-order valence-electron chi connectivity index (χ3n) is 13.6. The highest BCUT2D eigenvalue weighted by molar-refractivity contribution is 5.96. The molecule has 0 saturated carbocycles. The Morgan fingerprint density at radius 3 is 1.66 bits per heavy atom. The Labute approximate surface area is 348 Å². The fourth-order valence-corrected chi connectivity index (χ4v) is 10.9. The van der Waals surface area contributed by atoms with Crippen molar-refractivity contribution in [1.82, 2.24) is 0 Å². The summed E-state index contributed by atoms with van der Waals surface area (Å²) in [5.74, 6) is 0. The van der Waals surface area contributed by atoms with Crippen molar-refractivity contribution >= 4 is 41.4 Å². The number of rotatable bonds is 7. The zero-order chi connectivity index (χ0) is 39.6. The van der Waals surface area contributed by atoms with Gasteiger partial charge in [0.15, 0.2) is 0 Å². The van der Waals surface area contributed by atoms with Crippen LogP contribution in [0.1, 0.15) is 82.3 Å². The van der Waals surface area contributed by atoms with Gasteiger partial charge in [0.1, 0.15) is 0 Å². The first-order chi connectivity index (χ1) is 29.2. The molecule has 8 aromatic rings. The average Bonchev–Trinajstić information content (AvgIpc) is 3.69. The van der Waals surface area contributed by atoms with Gasteiger partial charge >= 0.3 is 0 Å². The minimum Gasteiger partial charge on any atom is -0.309 e. The van der Waals surface area contributed by atoms with E-state index in [1.54, 1.807) is 0 Å². The van der Waals surface area contributed by atoms with E-state index >= 15 is 0 Å². The summed E-state index contributed by atoms with van der Waals surface area (Å²) in [5.41, 5.74) is 21.5. The van der Waals surface area contributed by atoms with Crippen LogP contribution in [0.3, 0.4) is 0 Å². The standard InChI is InChI=1S/C58H45N/c1-3-57(4-2)52-38-40(31-36-47(52)48-37-35-46(39-53(48)57)59-54-28-15-11-18-41(54)33-34-42-19-12-16-29-55(42)59)30-32-43-20-17-27-51-56(43)49-25-13-14-26-50(49)58(51,44-21-7-5-8-22-44)45-23-9-6-10-24-45/h5-39H,3-4H2,1-2H3/b32-30+. The van der Waals surface area contributed by atoms with E-state index in [-0.39, 0.29) is 5.41 Å². The van der Waals surface area contributed by atoms with Crippen LogP contribution in [0.25, 0.3) is 46.6 Å². The molecule has 1 heterocycles. The van der Waals surface area contributed by atoms with Crippen molar-refractivity contribution in [2.75, 3.05) is 4.90 Å². The summed E-state index contributed by atoms with van der Waals surface area (Å²) in [4.78, 5) is 2.46. The first-order valence-electron chi connectivity index (χ1n) is 21.1. The molecule has 0 bridgehead atoms. The Morgan fingerprint density at radius 2 is 1.00 bits per heavy atom. The summed E-state index contributed by atoms with van der Waals surface area (Å²) in [6, 6.07) is 69.9. The van der Waals surface area contributed by atoms with Crippen molar-refractivity contribution in [3.05, 3.63) is 244 Å². The molecule has 8 aromatic carbocycles. The van der Waals surface area contributed by atoms with Crippen molar-refractivity contribution in [2.24, 2.45) is 0 Å². The maximum Gasteiger partial charge on any atom is 0.0713 e. The summed E-state index contributed by atoms with van der Waals surface area (Å²) in [6.07, 6.45) is 11.2. The number of hydrogen-bond donors (Lipinski definition) is 0. The Bertz CT molecular complexity index is 2870. The van der Waals surface area contributed by atoms with E-state index in [4.69, 9.17) is 0 Å². The third-order valence-corrected chi connectivity index (χ3v) is 13.6. The van der Waals surface area contributed by atoms with Gasteiger partial charge in [0, 0.05) is 11.1 Å². The van der Waals surface area contributed by atoms with E-state index in [1.165, 1.54) is 95.0 Å². The molecule has 0 atom stereocenters. The lowest BCUT2D eigenvalue weighted by atomic mass is 9.67. The second-order valence-electron chi connectivity index (χ2n) is 16.2. The molecule has 0 amide bonds. The van der Waals surface area contributed by atoms with E-state index in [1.807, 2.05) is 0 Å². The van der Waals surface area contributed by atoms with Gasteiger partial charge in [-0.3, -0.25) is 0 Å². The maximum absolute atomic E-state index is 2.49. The largest absolute Gasteiger partial charge is 0.309 e. The van der Waals surface area contributed by atoms with Crippen LogP contribution in [0.5, 0.6) is 0 Å². The molecule has 3 aliphatic rings. The lowest BCUT2D eigenvalue weighted by molar-refractivity contribution is 0.490. The Morgan fingerprint density at radius 1 is 0.441 bits per heavy atom. The molecule has 0 N–H and O–H groups in total. The lowest BCUT2D eigenvalue weighted by Crippen LogP contribution is -2.28. The SMILES string of the molecule is CCC1(CC)c2cc(/C=C/c3cccc4c3-c3ccccc3C4(c3ccccc3)c3ccccc3)ccc2-c2ccc(N3c4ccccc4C=Cc4ccccc43)cc21. The molecule has 1 aliphatic heterocycles. The van der Waals surface area contributed by atoms with Gasteiger partial charge in [-0.15, -0.1) is 0 Å². The number of fused-ring (bicyclic) bond motifs is 8. The number of hydrogen-bond acceptors (Lipinski definition) is 1. The quantitative estimate of drug-likeness (QED) is 0.146. The second-order valence-corrected chi connectivity index (χ2v) is 16.2. The van der Waals surface area contributed by atoms with Gasteiger partial charge in [-0.2, -0.15) is 0 Å². The van der Waals surface area contributed by atoms with E-state index < -0.39 is 5.41 Å². The summed E-state index contributed by atoms with van der Waals surface area (Å²) < 4.78 is 0. The van der Waals surface area contributed by atoms with Crippen molar-refractivity contribution in [3.8, 4) is 22.3 Å². The highest BCUT2D eigenvalue weighted by Gasteiger charge is 2.46. The minimum absolute atomic E-state index is 0.0917. The van der Waals surface area contributed by atoms with Gasteiger partial charge in [-0.25, -0.2) is 0 Å². The molecule has 0 unspecified atom stereocenters. The number of para-hydroxylation sites is 2. The molecule has 0 saturated heterocycles. The van der Waals surface area contributed by atoms with Crippen LogP contribution in [0.15, 0.2) is 188 Å². The summed E-state index contributed by atoms with van der Waals surface area (Å²) in [7, 11) is 0. The van der Waals surface area contributed by atoms with E-state index in [0.717, 1.165) is 12.8 Å². The minimum atomic E-state index is -0.410. The topological polar surface area (TPSA) is 3.24 Å². The Hall–Kier alpha value is -6.96. The highest BCUT2D eigenvalue weighted by Crippen LogP contribution is 2.58. The fourth-order valence-electron chi connectivity index (χ4n) is 10.9. The zero-order valence-electron chi connectivity index (χ0n) is 33.6. The number of benzene rings is 8. The molecule has 0 spiro atoms. The molecule has 282 valence electrons. The van der Waals surface area contributed by atoms with Gasteiger partial charge in [-0.1, -0.05) is 202 Å². The fraction of sp³-hybridized carbons (Fsp3) is 0.103. The molecule has 2 aliphatic carbocycles. The Kier molecular flexibility index (Phi) is 8.27. The molecular weight excluding hydrogens is 711 g/mol. The predicted molar refractivity (Wildman–Crippen MR) is 250 cm³/mol. The molecule has 0 radical (unpaired) electrons. The molecule has 1 nitrogen and oxygen atoms in total. The summed E-state index contributed by atoms with van der Waals surface area (Å²) >= 11 is 0. The maximum atomic E-state index is 2.49. The van der Waals surface area contributed by atoms with Crippen LogP contribution >= 0.6 is 0 Å². The molecule has 11 rings (SSSR count). The van der Waals surface area contributed by atoms with Crippen LogP contribution in [-0.4, -0.2) is 0 Å². The van der Waals surface area contributed by atoms with Crippen LogP contribution < -0.4 is 4.90 Å². The van der Waals surface area contributed by atoms with Gasteiger partial charge in [0.2, 0.25) is 0 Å². The normalized spacial score (nSPS) is 14.8. The van der Waals surface area contributed by atoms with Gasteiger partial charge < -0.3 is 4.90 Å². The molecule has 59 heavy (non-hydrogen) atoms. The first kappa shape index (κ1) is 35.2. The number of nitrogens with zero attached hydrogens (tertiary/aromatic N) is 1. The predicted octanol–water partition coefficient (Wildman–Crippen LogP) is 15.3. The Balaban J connectivity index is 1.02. The van der Waals surface area contributed by atoms with E-state index in [9.17, 15) is 0 Å². The summed E-state index contributed by atoms with van der Waals surface area (Å²) in [5, 5.41) is 0. The number of anilines is 3. The van der Waals surface area contributed by atoms with Crippen LogP contribution in [0, 0.1) is 0 Å². The lowest BCUT2D eigenvalue weighted by Gasteiger charge is -2.33. The second kappa shape index (κ2) is 13.9. The van der Waals surface area contributed by atoms with Gasteiger partial charge in [0.05, 0.1) is 16.8 Å². The molecule has 0 fully saturated rings.